The zero-order chi connectivity index (χ0) is 17.9. The van der Waals surface area contributed by atoms with E-state index in [1.807, 2.05) is 12.1 Å². The number of likely N-dealkylation sites (tertiary alicyclic amines) is 1. The quantitative estimate of drug-likeness (QED) is 0.807. The van der Waals surface area contributed by atoms with Crippen LogP contribution in [0.25, 0.3) is 16.7 Å². The van der Waals surface area contributed by atoms with Crippen LogP contribution in [0, 0.1) is 0 Å². The second kappa shape index (κ2) is 7.50. The molecule has 0 radical (unpaired) electrons. The van der Waals surface area contributed by atoms with Gasteiger partial charge in [0.1, 0.15) is 5.76 Å². The fourth-order valence-electron chi connectivity index (χ4n) is 3.88. The van der Waals surface area contributed by atoms with Crippen molar-refractivity contribution in [3.8, 4) is 0 Å². The summed E-state index contributed by atoms with van der Waals surface area (Å²) in [5.74, 6) is 1.58. The minimum absolute atomic E-state index is 0.132. The Morgan fingerprint density at radius 1 is 1.27 bits per heavy atom. The molecule has 0 amide bonds. The van der Waals surface area contributed by atoms with Crippen LogP contribution in [0.3, 0.4) is 0 Å². The number of nitrogens with zero attached hydrogens (tertiary/aromatic N) is 2. The van der Waals surface area contributed by atoms with Crippen LogP contribution in [0.4, 0.5) is 0 Å². The molecule has 4 rings (SSSR count). The van der Waals surface area contributed by atoms with E-state index in [2.05, 4.69) is 14.9 Å². The smallest absolute Gasteiger partial charge is 0.257 e. The van der Waals surface area contributed by atoms with E-state index >= 15 is 0 Å². The molecule has 1 aliphatic heterocycles. The maximum atomic E-state index is 12.1. The van der Waals surface area contributed by atoms with E-state index in [9.17, 15) is 4.79 Å². The molecule has 2 aromatic heterocycles. The molecule has 0 saturated carbocycles. The second-order valence-electron chi connectivity index (χ2n) is 6.93. The normalized spacial score (nSPS) is 17.6. The first-order chi connectivity index (χ1) is 12.8. The summed E-state index contributed by atoms with van der Waals surface area (Å²) in [5, 5.41) is 0.580. The van der Waals surface area contributed by atoms with Gasteiger partial charge in [0, 0.05) is 24.7 Å². The summed E-state index contributed by atoms with van der Waals surface area (Å²) in [7, 11) is 1.65. The van der Waals surface area contributed by atoms with Crippen LogP contribution in [0.5, 0.6) is 0 Å². The molecule has 6 nitrogen and oxygen atoms in total. The standard InChI is InChI=1S/C20H25N3O3/c1-25-19-14-13-15-17(7-8-21-20(15)24)22-16(14)5-6-18(19)26-12-4-11-23-9-2-3-10-23/h7-8,13H,2-6,9-12H2,1H3,(H,21,24). The zero-order valence-electron chi connectivity index (χ0n) is 15.2. The minimum atomic E-state index is -0.132. The number of rotatable bonds is 6. The number of hydrogen-bond donors (Lipinski definition) is 1. The maximum absolute atomic E-state index is 12.1. The molecule has 0 aromatic carbocycles. The van der Waals surface area contributed by atoms with Gasteiger partial charge in [-0.05, 0) is 50.9 Å². The molecule has 2 aliphatic rings. The number of aromatic nitrogens is 2. The average Bonchev–Trinajstić information content (AvgIpc) is 3.17. The summed E-state index contributed by atoms with van der Waals surface area (Å²) in [6.07, 6.45) is 6.86. The van der Waals surface area contributed by atoms with Crippen molar-refractivity contribution < 1.29 is 9.47 Å². The van der Waals surface area contributed by atoms with Gasteiger partial charge in [0.25, 0.3) is 5.56 Å². The van der Waals surface area contributed by atoms with Crippen molar-refractivity contribution in [2.45, 2.75) is 32.1 Å². The van der Waals surface area contributed by atoms with Gasteiger partial charge in [0.05, 0.1) is 30.3 Å². The average molecular weight is 355 g/mol. The van der Waals surface area contributed by atoms with E-state index in [1.54, 1.807) is 13.3 Å². The third-order valence-corrected chi connectivity index (χ3v) is 5.22. The lowest BCUT2D eigenvalue weighted by molar-refractivity contribution is 0.172. The van der Waals surface area contributed by atoms with E-state index < -0.39 is 0 Å². The lowest BCUT2D eigenvalue weighted by Crippen LogP contribution is -2.21. The summed E-state index contributed by atoms with van der Waals surface area (Å²) in [6, 6.07) is 3.71. The topological polar surface area (TPSA) is 67.5 Å². The Morgan fingerprint density at radius 3 is 2.92 bits per heavy atom. The number of methoxy groups -OCH3 is 1. The monoisotopic (exact) mass is 355 g/mol. The third kappa shape index (κ3) is 3.33. The first-order valence-corrected chi connectivity index (χ1v) is 9.40. The lowest BCUT2D eigenvalue weighted by Gasteiger charge is -2.23. The molecule has 0 unspecified atom stereocenters. The van der Waals surface area contributed by atoms with E-state index in [0.29, 0.717) is 17.8 Å². The van der Waals surface area contributed by atoms with Crippen LogP contribution in [0.2, 0.25) is 0 Å². The number of allylic oxidation sites excluding steroid dienone is 1. The highest BCUT2D eigenvalue weighted by molar-refractivity contribution is 5.82. The van der Waals surface area contributed by atoms with E-state index in [4.69, 9.17) is 9.47 Å². The van der Waals surface area contributed by atoms with E-state index in [0.717, 1.165) is 48.3 Å². The molecular formula is C20H25N3O3. The van der Waals surface area contributed by atoms with Gasteiger partial charge >= 0.3 is 0 Å². The Morgan fingerprint density at radius 2 is 2.12 bits per heavy atom. The number of H-pyrrole nitrogens is 1. The maximum Gasteiger partial charge on any atom is 0.257 e. The van der Waals surface area contributed by atoms with Crippen molar-refractivity contribution in [3.05, 3.63) is 45.7 Å². The third-order valence-electron chi connectivity index (χ3n) is 5.22. The molecule has 138 valence electrons. The molecule has 0 atom stereocenters. The highest BCUT2D eigenvalue weighted by Gasteiger charge is 2.23. The second-order valence-corrected chi connectivity index (χ2v) is 6.93. The number of pyridine rings is 2. The van der Waals surface area contributed by atoms with Crippen LogP contribution in [0.1, 0.15) is 36.9 Å². The molecule has 1 saturated heterocycles. The first kappa shape index (κ1) is 17.1. The van der Waals surface area contributed by atoms with Crippen molar-refractivity contribution in [1.29, 1.82) is 0 Å². The molecular weight excluding hydrogens is 330 g/mol. The van der Waals surface area contributed by atoms with Crippen LogP contribution in [-0.2, 0) is 15.9 Å². The fourth-order valence-corrected chi connectivity index (χ4v) is 3.88. The van der Waals surface area contributed by atoms with Gasteiger partial charge in [-0.2, -0.15) is 0 Å². The van der Waals surface area contributed by atoms with Crippen LogP contribution in [0.15, 0.2) is 28.9 Å². The van der Waals surface area contributed by atoms with Crippen molar-refractivity contribution in [2.24, 2.45) is 0 Å². The summed E-state index contributed by atoms with van der Waals surface area (Å²) >= 11 is 0. The van der Waals surface area contributed by atoms with Crippen molar-refractivity contribution >= 4 is 16.7 Å². The number of fused-ring (bicyclic) bond motifs is 2. The van der Waals surface area contributed by atoms with Crippen molar-refractivity contribution in [2.75, 3.05) is 33.4 Å². The van der Waals surface area contributed by atoms with Gasteiger partial charge in [-0.3, -0.25) is 9.78 Å². The molecule has 1 fully saturated rings. The number of ether oxygens (including phenoxy) is 2. The lowest BCUT2D eigenvalue weighted by atomic mass is 9.98. The Hall–Kier alpha value is -2.34. The molecule has 1 N–H and O–H groups in total. The molecule has 26 heavy (non-hydrogen) atoms. The van der Waals surface area contributed by atoms with E-state index in [-0.39, 0.29) is 5.56 Å². The Labute approximate surface area is 152 Å². The zero-order valence-corrected chi connectivity index (χ0v) is 15.2. The summed E-state index contributed by atoms with van der Waals surface area (Å²) in [6.45, 7) is 4.21. The van der Waals surface area contributed by atoms with E-state index in [1.165, 1.54) is 25.9 Å². The van der Waals surface area contributed by atoms with Gasteiger partial charge < -0.3 is 19.4 Å². The van der Waals surface area contributed by atoms with Gasteiger partial charge in [-0.15, -0.1) is 0 Å². The number of aromatic amines is 1. The highest BCUT2D eigenvalue weighted by Crippen LogP contribution is 2.32. The largest absolute Gasteiger partial charge is 0.494 e. The minimum Gasteiger partial charge on any atom is -0.494 e. The molecule has 6 heteroatoms. The Bertz CT molecular complexity index is 881. The molecule has 3 heterocycles. The SMILES string of the molecule is COC1=C(OCCCN2CCCC2)CCc2nc3cc[nH]c(=O)c3cc21. The summed E-state index contributed by atoms with van der Waals surface area (Å²) < 4.78 is 11.7. The van der Waals surface area contributed by atoms with Crippen LogP contribution >= 0.6 is 0 Å². The van der Waals surface area contributed by atoms with Crippen LogP contribution in [-0.4, -0.2) is 48.2 Å². The van der Waals surface area contributed by atoms with Gasteiger partial charge in [0.15, 0.2) is 5.76 Å². The number of aryl methyl sites for hydroxylation is 1. The number of hydrogen-bond acceptors (Lipinski definition) is 5. The van der Waals surface area contributed by atoms with Crippen LogP contribution < -0.4 is 5.56 Å². The number of nitrogens with one attached hydrogen (secondary N) is 1. The predicted molar refractivity (Wildman–Crippen MR) is 101 cm³/mol. The summed E-state index contributed by atoms with van der Waals surface area (Å²) in [5.41, 5.74) is 2.42. The van der Waals surface area contributed by atoms with Crippen molar-refractivity contribution in [3.63, 3.8) is 0 Å². The summed E-state index contributed by atoms with van der Waals surface area (Å²) in [4.78, 5) is 21.9. The van der Waals surface area contributed by atoms with Gasteiger partial charge in [-0.1, -0.05) is 0 Å². The molecule has 2 aromatic rings. The van der Waals surface area contributed by atoms with Gasteiger partial charge in [-0.25, -0.2) is 0 Å². The predicted octanol–water partition coefficient (Wildman–Crippen LogP) is 2.69. The fraction of sp³-hybridized carbons (Fsp3) is 0.500. The van der Waals surface area contributed by atoms with Gasteiger partial charge in [0.2, 0.25) is 0 Å². The molecule has 0 bridgehead atoms. The Kier molecular flexibility index (Phi) is 4.93. The Balaban J connectivity index is 1.53. The highest BCUT2D eigenvalue weighted by atomic mass is 16.5. The molecule has 0 spiro atoms. The first-order valence-electron chi connectivity index (χ1n) is 9.40. The van der Waals surface area contributed by atoms with Crippen molar-refractivity contribution in [1.82, 2.24) is 14.9 Å². The molecule has 1 aliphatic carbocycles.